The number of rotatable bonds is 0. The van der Waals surface area contributed by atoms with Gasteiger partial charge in [0.15, 0.2) is 0 Å². The van der Waals surface area contributed by atoms with Gasteiger partial charge in [-0.15, -0.1) is 5.73 Å². The summed E-state index contributed by atoms with van der Waals surface area (Å²) in [5.74, 6) is 0. The van der Waals surface area contributed by atoms with Gasteiger partial charge in [0.2, 0.25) is 0 Å². The third kappa shape index (κ3) is 1.04. The minimum Gasteiger partial charge on any atom is -0.337 e. The minimum absolute atomic E-state index is 0.0719. The summed E-state index contributed by atoms with van der Waals surface area (Å²) in [4.78, 5) is 12.4. The molecule has 1 N–H and O–H groups in total. The van der Waals surface area contributed by atoms with Crippen LogP contribution in [0.1, 0.15) is 6.42 Å². The summed E-state index contributed by atoms with van der Waals surface area (Å²) in [7, 11) is 1.71. The molecular weight excluding hydrogens is 128 g/mol. The van der Waals surface area contributed by atoms with E-state index in [4.69, 9.17) is 0 Å². The lowest BCUT2D eigenvalue weighted by Gasteiger charge is -2.24. The highest BCUT2D eigenvalue weighted by Gasteiger charge is 2.16. The van der Waals surface area contributed by atoms with Crippen LogP contribution in [-0.4, -0.2) is 24.5 Å². The summed E-state index contributed by atoms with van der Waals surface area (Å²) >= 11 is 0. The van der Waals surface area contributed by atoms with E-state index in [0.717, 1.165) is 12.1 Å². The molecule has 3 heteroatoms. The SMILES string of the molecule is C=C=C1CCNC(=O)N1C. The highest BCUT2D eigenvalue weighted by atomic mass is 16.2. The summed E-state index contributed by atoms with van der Waals surface area (Å²) in [6.07, 6.45) is 0.825. The van der Waals surface area contributed by atoms with Gasteiger partial charge in [-0.25, -0.2) is 4.79 Å². The van der Waals surface area contributed by atoms with Gasteiger partial charge in [-0.1, -0.05) is 6.58 Å². The second-order valence-corrected chi connectivity index (χ2v) is 2.16. The lowest BCUT2D eigenvalue weighted by molar-refractivity contribution is 0.212. The van der Waals surface area contributed by atoms with E-state index in [9.17, 15) is 4.79 Å². The van der Waals surface area contributed by atoms with E-state index in [1.165, 1.54) is 4.90 Å². The third-order valence-corrected chi connectivity index (χ3v) is 1.55. The maximum Gasteiger partial charge on any atom is 0.321 e. The normalized spacial score (nSPS) is 18.3. The molecule has 54 valence electrons. The Kier molecular flexibility index (Phi) is 1.78. The Morgan fingerprint density at radius 3 is 3.00 bits per heavy atom. The van der Waals surface area contributed by atoms with E-state index in [0.29, 0.717) is 6.54 Å². The third-order valence-electron chi connectivity index (χ3n) is 1.55. The zero-order chi connectivity index (χ0) is 7.56. The molecule has 1 fully saturated rings. The number of amides is 2. The van der Waals surface area contributed by atoms with Crippen LogP contribution in [0.3, 0.4) is 0 Å². The van der Waals surface area contributed by atoms with Crippen LogP contribution in [0.15, 0.2) is 18.0 Å². The van der Waals surface area contributed by atoms with Gasteiger partial charge < -0.3 is 5.32 Å². The number of carbonyl (C=O) groups excluding carboxylic acids is 1. The Labute approximate surface area is 60.0 Å². The van der Waals surface area contributed by atoms with Crippen molar-refractivity contribution in [3.05, 3.63) is 18.0 Å². The molecule has 3 nitrogen and oxygen atoms in total. The molecule has 0 spiro atoms. The summed E-state index contributed by atoms with van der Waals surface area (Å²) in [5.41, 5.74) is 3.58. The Bertz CT molecular complexity index is 204. The fraction of sp³-hybridized carbons (Fsp3) is 0.429. The fourth-order valence-corrected chi connectivity index (χ4v) is 0.904. The van der Waals surface area contributed by atoms with Crippen LogP contribution in [0, 0.1) is 0 Å². The Morgan fingerprint density at radius 1 is 1.80 bits per heavy atom. The number of carbonyl (C=O) groups is 1. The molecule has 0 unspecified atom stereocenters. The van der Waals surface area contributed by atoms with E-state index >= 15 is 0 Å². The average Bonchev–Trinajstić information content (AvgIpc) is 1.95. The molecule has 0 aliphatic carbocycles. The van der Waals surface area contributed by atoms with Crippen molar-refractivity contribution < 1.29 is 4.79 Å². The molecule has 1 aliphatic rings. The Balaban J connectivity index is 2.79. The van der Waals surface area contributed by atoms with Crippen molar-refractivity contribution >= 4 is 6.03 Å². The first-order valence-corrected chi connectivity index (χ1v) is 3.16. The molecule has 0 aromatic rings. The molecule has 1 rings (SSSR count). The fourth-order valence-electron chi connectivity index (χ4n) is 0.904. The number of hydrogen-bond acceptors (Lipinski definition) is 1. The van der Waals surface area contributed by atoms with E-state index in [-0.39, 0.29) is 6.03 Å². The van der Waals surface area contributed by atoms with Crippen LogP contribution in [0.25, 0.3) is 0 Å². The van der Waals surface area contributed by atoms with Crippen molar-refractivity contribution in [2.45, 2.75) is 6.42 Å². The summed E-state index contributed by atoms with van der Waals surface area (Å²) in [6.45, 7) is 4.18. The predicted octanol–water partition coefficient (Wildman–Crippen LogP) is 0.700. The van der Waals surface area contributed by atoms with Gasteiger partial charge in [-0.05, 0) is 0 Å². The second-order valence-electron chi connectivity index (χ2n) is 2.16. The van der Waals surface area contributed by atoms with Gasteiger partial charge in [0, 0.05) is 20.0 Å². The van der Waals surface area contributed by atoms with Gasteiger partial charge >= 0.3 is 6.03 Å². The summed E-state index contributed by atoms with van der Waals surface area (Å²) in [6, 6.07) is -0.0719. The molecule has 0 atom stereocenters. The highest BCUT2D eigenvalue weighted by molar-refractivity contribution is 5.76. The first-order chi connectivity index (χ1) is 4.75. The van der Waals surface area contributed by atoms with Crippen molar-refractivity contribution in [1.82, 2.24) is 10.2 Å². The molecule has 0 aromatic heterocycles. The van der Waals surface area contributed by atoms with Gasteiger partial charge in [0.25, 0.3) is 0 Å². The van der Waals surface area contributed by atoms with Crippen LogP contribution in [-0.2, 0) is 0 Å². The Hall–Kier alpha value is -1.21. The average molecular weight is 138 g/mol. The summed E-state index contributed by atoms with van der Waals surface area (Å²) in [5, 5.41) is 2.69. The van der Waals surface area contributed by atoms with Crippen LogP contribution in [0.2, 0.25) is 0 Å². The number of hydrogen-bond donors (Lipinski definition) is 1. The zero-order valence-corrected chi connectivity index (χ0v) is 5.98. The predicted molar refractivity (Wildman–Crippen MR) is 38.4 cm³/mol. The van der Waals surface area contributed by atoms with Crippen LogP contribution in [0.4, 0.5) is 4.79 Å². The van der Waals surface area contributed by atoms with E-state index in [1.54, 1.807) is 7.05 Å². The molecule has 0 radical (unpaired) electrons. The van der Waals surface area contributed by atoms with Gasteiger partial charge in [-0.2, -0.15) is 0 Å². The lowest BCUT2D eigenvalue weighted by Crippen LogP contribution is -2.42. The standard InChI is InChI=1S/C7H10N2O/c1-3-6-4-5-8-7(10)9(6)2/h1,4-5H2,2H3,(H,8,10). The molecule has 0 saturated carbocycles. The molecular formula is C7H10N2O. The smallest absolute Gasteiger partial charge is 0.321 e. The van der Waals surface area contributed by atoms with Crippen molar-refractivity contribution in [1.29, 1.82) is 0 Å². The van der Waals surface area contributed by atoms with E-state index in [1.807, 2.05) is 0 Å². The van der Waals surface area contributed by atoms with Crippen LogP contribution in [0.5, 0.6) is 0 Å². The van der Waals surface area contributed by atoms with E-state index < -0.39 is 0 Å². The van der Waals surface area contributed by atoms with Crippen molar-refractivity contribution in [2.75, 3.05) is 13.6 Å². The first-order valence-electron chi connectivity index (χ1n) is 3.16. The van der Waals surface area contributed by atoms with Gasteiger partial charge in [0.05, 0.1) is 5.70 Å². The van der Waals surface area contributed by atoms with Crippen LogP contribution >= 0.6 is 0 Å². The maximum atomic E-state index is 10.9. The molecule has 0 bridgehead atoms. The summed E-state index contributed by atoms with van der Waals surface area (Å²) < 4.78 is 0. The monoisotopic (exact) mass is 138 g/mol. The largest absolute Gasteiger partial charge is 0.337 e. The van der Waals surface area contributed by atoms with E-state index in [2.05, 4.69) is 17.6 Å². The topological polar surface area (TPSA) is 32.3 Å². The minimum atomic E-state index is -0.0719. The molecule has 1 aliphatic heterocycles. The van der Waals surface area contributed by atoms with Crippen LogP contribution < -0.4 is 5.32 Å². The van der Waals surface area contributed by atoms with Crippen molar-refractivity contribution in [2.24, 2.45) is 0 Å². The zero-order valence-electron chi connectivity index (χ0n) is 5.98. The molecule has 2 amide bonds. The molecule has 0 aromatic carbocycles. The number of nitrogens with one attached hydrogen (secondary N) is 1. The number of nitrogens with zero attached hydrogens (tertiary/aromatic N) is 1. The second kappa shape index (κ2) is 2.58. The highest BCUT2D eigenvalue weighted by Crippen LogP contribution is 2.08. The van der Waals surface area contributed by atoms with Crippen molar-refractivity contribution in [3.8, 4) is 0 Å². The molecule has 10 heavy (non-hydrogen) atoms. The first kappa shape index (κ1) is 6.90. The van der Waals surface area contributed by atoms with Gasteiger partial charge in [0.1, 0.15) is 0 Å². The Morgan fingerprint density at radius 2 is 2.50 bits per heavy atom. The number of urea groups is 1. The quantitative estimate of drug-likeness (QED) is 0.491. The maximum absolute atomic E-state index is 10.9. The lowest BCUT2D eigenvalue weighted by atomic mass is 10.2. The molecule has 1 heterocycles. The molecule has 1 saturated heterocycles. The van der Waals surface area contributed by atoms with Crippen molar-refractivity contribution in [3.63, 3.8) is 0 Å². The van der Waals surface area contributed by atoms with Gasteiger partial charge in [-0.3, -0.25) is 4.90 Å².